The lowest BCUT2D eigenvalue weighted by Gasteiger charge is -2.24. The molecule has 96 valence electrons. The molecule has 4 heteroatoms. The van der Waals surface area contributed by atoms with Crippen molar-refractivity contribution in [3.8, 4) is 0 Å². The zero-order chi connectivity index (χ0) is 13.0. The van der Waals surface area contributed by atoms with Gasteiger partial charge in [-0.3, -0.25) is 14.9 Å². The molecule has 1 fully saturated rings. The zero-order valence-corrected chi connectivity index (χ0v) is 11.7. The topological polar surface area (TPSA) is 46.2 Å². The summed E-state index contributed by atoms with van der Waals surface area (Å²) in [4.78, 5) is 23.1. The van der Waals surface area contributed by atoms with E-state index in [1.54, 1.807) is 0 Å². The van der Waals surface area contributed by atoms with Crippen molar-refractivity contribution >= 4 is 27.7 Å². The molecule has 1 N–H and O–H groups in total. The van der Waals surface area contributed by atoms with Gasteiger partial charge >= 0.3 is 0 Å². The molecular formula is C14H16BrNO2. The van der Waals surface area contributed by atoms with Crippen LogP contribution in [0.4, 0.5) is 0 Å². The molecule has 1 aromatic carbocycles. The summed E-state index contributed by atoms with van der Waals surface area (Å²) in [7, 11) is 0. The quantitative estimate of drug-likeness (QED) is 0.868. The smallest absolute Gasteiger partial charge is 0.240 e. The highest BCUT2D eigenvalue weighted by Crippen LogP contribution is 2.26. The average Bonchev–Trinajstić information content (AvgIpc) is 2.27. The molecule has 1 atom stereocenters. The normalized spacial score (nSPS) is 16.7. The maximum Gasteiger partial charge on any atom is 0.240 e. The van der Waals surface area contributed by atoms with Crippen LogP contribution in [0.25, 0.3) is 0 Å². The van der Waals surface area contributed by atoms with Gasteiger partial charge in [-0.15, -0.1) is 0 Å². The lowest BCUT2D eigenvalue weighted by Crippen LogP contribution is -2.42. The van der Waals surface area contributed by atoms with E-state index in [2.05, 4.69) is 21.2 Å². The van der Waals surface area contributed by atoms with Gasteiger partial charge in [-0.1, -0.05) is 52.7 Å². The maximum absolute atomic E-state index is 11.8. The molecule has 0 bridgehead atoms. The van der Waals surface area contributed by atoms with Gasteiger partial charge in [-0.25, -0.2) is 0 Å². The summed E-state index contributed by atoms with van der Waals surface area (Å²) in [6.45, 7) is 0. The van der Waals surface area contributed by atoms with Crippen LogP contribution in [0.15, 0.2) is 30.3 Å². The number of alkyl halides is 1. The van der Waals surface area contributed by atoms with Crippen LogP contribution in [0.1, 0.15) is 24.8 Å². The molecular weight excluding hydrogens is 294 g/mol. The first-order valence-electron chi connectivity index (χ1n) is 6.19. The molecule has 0 saturated heterocycles. The molecule has 1 aliphatic carbocycles. The minimum atomic E-state index is -0.357. The van der Waals surface area contributed by atoms with Crippen LogP contribution in [0.5, 0.6) is 0 Å². The number of carbonyl (C=O) groups is 2. The van der Waals surface area contributed by atoms with Gasteiger partial charge in [0.25, 0.3) is 0 Å². The van der Waals surface area contributed by atoms with Crippen molar-refractivity contribution < 1.29 is 9.59 Å². The molecule has 1 aliphatic rings. The minimum absolute atomic E-state index is 0.0466. The number of halogens is 1. The van der Waals surface area contributed by atoms with Crippen molar-refractivity contribution in [2.24, 2.45) is 5.92 Å². The van der Waals surface area contributed by atoms with Crippen LogP contribution in [0.3, 0.4) is 0 Å². The van der Waals surface area contributed by atoms with Crippen LogP contribution in [0, 0.1) is 5.92 Å². The molecule has 1 unspecified atom stereocenters. The van der Waals surface area contributed by atoms with Gasteiger partial charge in [-0.2, -0.15) is 0 Å². The second-order valence-corrected chi connectivity index (χ2v) is 5.74. The monoisotopic (exact) mass is 309 g/mol. The number of imide groups is 1. The van der Waals surface area contributed by atoms with E-state index in [9.17, 15) is 9.59 Å². The summed E-state index contributed by atoms with van der Waals surface area (Å²) in [5.41, 5.74) is 1.07. The molecule has 0 radical (unpaired) electrons. The van der Waals surface area contributed by atoms with Crippen molar-refractivity contribution in [3.63, 3.8) is 0 Å². The molecule has 3 nitrogen and oxygen atoms in total. The highest BCUT2D eigenvalue weighted by Gasteiger charge is 2.28. The predicted molar refractivity (Wildman–Crippen MR) is 73.4 cm³/mol. The molecule has 1 aromatic rings. The van der Waals surface area contributed by atoms with Crippen molar-refractivity contribution in [3.05, 3.63) is 35.9 Å². The summed E-state index contributed by atoms with van der Waals surface area (Å²) in [6, 6.07) is 9.75. The van der Waals surface area contributed by atoms with E-state index in [1.807, 2.05) is 30.3 Å². The van der Waals surface area contributed by atoms with E-state index in [1.165, 1.54) is 0 Å². The molecule has 18 heavy (non-hydrogen) atoms. The maximum atomic E-state index is 11.8. The molecule has 0 heterocycles. The third-order valence-corrected chi connectivity index (χ3v) is 4.00. The highest BCUT2D eigenvalue weighted by molar-refractivity contribution is 9.10. The third-order valence-electron chi connectivity index (χ3n) is 3.26. The second-order valence-electron chi connectivity index (χ2n) is 4.64. The first-order valence-corrected chi connectivity index (χ1v) is 7.11. The van der Waals surface area contributed by atoms with Gasteiger partial charge < -0.3 is 0 Å². The van der Waals surface area contributed by atoms with E-state index in [-0.39, 0.29) is 22.6 Å². The van der Waals surface area contributed by atoms with Crippen molar-refractivity contribution in [2.45, 2.75) is 30.5 Å². The van der Waals surface area contributed by atoms with Crippen LogP contribution in [-0.4, -0.2) is 16.6 Å². The zero-order valence-electron chi connectivity index (χ0n) is 10.1. The van der Waals surface area contributed by atoms with Gasteiger partial charge in [0.15, 0.2) is 0 Å². The number of hydrogen-bond donors (Lipinski definition) is 1. The van der Waals surface area contributed by atoms with E-state index in [0.29, 0.717) is 6.42 Å². The first kappa shape index (κ1) is 13.3. The van der Waals surface area contributed by atoms with Gasteiger partial charge in [-0.05, 0) is 24.8 Å². The number of rotatable bonds is 4. The molecule has 2 amide bonds. The number of nitrogens with one attached hydrogen (secondary N) is 1. The summed E-state index contributed by atoms with van der Waals surface area (Å²) < 4.78 is 0. The Hall–Kier alpha value is -1.16. The third kappa shape index (κ3) is 3.42. The Morgan fingerprint density at radius 3 is 2.50 bits per heavy atom. The highest BCUT2D eigenvalue weighted by atomic mass is 79.9. The van der Waals surface area contributed by atoms with E-state index < -0.39 is 0 Å². The fourth-order valence-corrected chi connectivity index (χ4v) is 2.37. The Morgan fingerprint density at radius 1 is 1.28 bits per heavy atom. The molecule has 2 rings (SSSR count). The van der Waals surface area contributed by atoms with Crippen molar-refractivity contribution in [1.82, 2.24) is 5.32 Å². The van der Waals surface area contributed by atoms with E-state index in [4.69, 9.17) is 0 Å². The fraction of sp³-hybridized carbons (Fsp3) is 0.429. The summed E-state index contributed by atoms with van der Waals surface area (Å²) >= 11 is 3.33. The van der Waals surface area contributed by atoms with Crippen LogP contribution < -0.4 is 5.32 Å². The molecule has 1 saturated carbocycles. The van der Waals surface area contributed by atoms with Gasteiger partial charge in [0, 0.05) is 5.92 Å². The Labute approximate surface area is 115 Å². The van der Waals surface area contributed by atoms with Crippen molar-refractivity contribution in [1.29, 1.82) is 0 Å². The van der Waals surface area contributed by atoms with Crippen molar-refractivity contribution in [2.75, 3.05) is 0 Å². The molecule has 0 aliphatic heterocycles. The Kier molecular flexibility index (Phi) is 4.53. The number of carbonyl (C=O) groups excluding carboxylic acids is 2. The molecule has 0 spiro atoms. The van der Waals surface area contributed by atoms with Gasteiger partial charge in [0.05, 0.1) is 4.83 Å². The Bertz CT molecular complexity index is 429. The Morgan fingerprint density at radius 2 is 1.94 bits per heavy atom. The van der Waals surface area contributed by atoms with E-state index in [0.717, 1.165) is 24.8 Å². The predicted octanol–water partition coefficient (Wildman–Crippen LogP) is 2.44. The van der Waals surface area contributed by atoms with Gasteiger partial charge in [0.1, 0.15) is 0 Å². The SMILES string of the molecule is O=C(NC(=O)C1CCC1)C(Br)Cc1ccccc1. The summed E-state index contributed by atoms with van der Waals surface area (Å²) in [6.07, 6.45) is 3.49. The minimum Gasteiger partial charge on any atom is -0.295 e. The Balaban J connectivity index is 1.83. The summed E-state index contributed by atoms with van der Waals surface area (Å²) in [5.74, 6) is -0.315. The first-order chi connectivity index (χ1) is 8.66. The fourth-order valence-electron chi connectivity index (χ4n) is 1.89. The van der Waals surface area contributed by atoms with E-state index >= 15 is 0 Å². The average molecular weight is 310 g/mol. The number of amides is 2. The van der Waals surface area contributed by atoms with Crippen LogP contribution in [0.2, 0.25) is 0 Å². The molecule has 0 aromatic heterocycles. The summed E-state index contributed by atoms with van der Waals surface area (Å²) in [5, 5.41) is 2.48. The largest absolute Gasteiger partial charge is 0.295 e. The number of benzene rings is 1. The van der Waals surface area contributed by atoms with Gasteiger partial charge in [0.2, 0.25) is 11.8 Å². The lowest BCUT2D eigenvalue weighted by atomic mass is 9.85. The second kappa shape index (κ2) is 6.14. The number of hydrogen-bond acceptors (Lipinski definition) is 2. The van der Waals surface area contributed by atoms with Crippen LogP contribution in [-0.2, 0) is 16.0 Å². The lowest BCUT2D eigenvalue weighted by molar-refractivity contribution is -0.134. The standard InChI is InChI=1S/C14H16BrNO2/c15-12(9-10-5-2-1-3-6-10)14(18)16-13(17)11-7-4-8-11/h1-3,5-6,11-12H,4,7-9H2,(H,16,17,18). The van der Waals surface area contributed by atoms with Crippen LogP contribution >= 0.6 is 15.9 Å².